The molecule has 0 saturated carbocycles. The van der Waals surface area contributed by atoms with E-state index in [1.54, 1.807) is 0 Å². The molecule has 0 amide bonds. The zero-order valence-corrected chi connectivity index (χ0v) is 12.4. The molecule has 6 nitrogen and oxygen atoms in total. The fraction of sp³-hybridized carbons (Fsp3) is 0.308. The third-order valence-corrected chi connectivity index (χ3v) is 3.65. The minimum absolute atomic E-state index is 0.173. The van der Waals surface area contributed by atoms with Crippen molar-refractivity contribution >= 4 is 17.7 Å². The molecular formula is C13H14FN3O3S. The molecule has 0 bridgehead atoms. The third-order valence-electron chi connectivity index (χ3n) is 2.74. The number of aliphatic carboxylic acids is 1. The summed E-state index contributed by atoms with van der Waals surface area (Å²) < 4.78 is 20.7. The Morgan fingerprint density at radius 3 is 2.86 bits per heavy atom. The SMILES string of the molecule is CCc1nnc(SCC(=O)O)n1-c1cc(OC)ccc1F. The van der Waals surface area contributed by atoms with Crippen molar-refractivity contribution in [2.24, 2.45) is 0 Å². The van der Waals surface area contributed by atoms with E-state index in [-0.39, 0.29) is 11.4 Å². The van der Waals surface area contributed by atoms with Gasteiger partial charge in [0, 0.05) is 12.5 Å². The van der Waals surface area contributed by atoms with Gasteiger partial charge in [-0.3, -0.25) is 9.36 Å². The average molecular weight is 311 g/mol. The largest absolute Gasteiger partial charge is 0.497 e. The Hall–Kier alpha value is -2.09. The predicted molar refractivity (Wildman–Crippen MR) is 75.6 cm³/mol. The van der Waals surface area contributed by atoms with Gasteiger partial charge in [0.1, 0.15) is 17.4 Å². The monoisotopic (exact) mass is 311 g/mol. The topological polar surface area (TPSA) is 77.2 Å². The van der Waals surface area contributed by atoms with Gasteiger partial charge >= 0.3 is 5.97 Å². The van der Waals surface area contributed by atoms with E-state index in [1.807, 2.05) is 6.92 Å². The summed E-state index contributed by atoms with van der Waals surface area (Å²) in [5.41, 5.74) is 0.240. The summed E-state index contributed by atoms with van der Waals surface area (Å²) in [5.74, 6) is -0.555. The van der Waals surface area contributed by atoms with E-state index < -0.39 is 11.8 Å². The number of benzene rings is 1. The van der Waals surface area contributed by atoms with Crippen molar-refractivity contribution in [2.45, 2.75) is 18.5 Å². The maximum atomic E-state index is 14.1. The highest BCUT2D eigenvalue weighted by atomic mass is 32.2. The zero-order valence-electron chi connectivity index (χ0n) is 11.5. The van der Waals surface area contributed by atoms with Gasteiger partial charge in [-0.25, -0.2) is 4.39 Å². The summed E-state index contributed by atoms with van der Waals surface area (Å²) in [7, 11) is 1.49. The Kier molecular flexibility index (Phi) is 4.79. The lowest BCUT2D eigenvalue weighted by atomic mass is 10.2. The van der Waals surface area contributed by atoms with Crippen molar-refractivity contribution in [3.63, 3.8) is 0 Å². The molecule has 2 aromatic rings. The van der Waals surface area contributed by atoms with Gasteiger partial charge in [0.2, 0.25) is 0 Å². The molecule has 0 unspecified atom stereocenters. The van der Waals surface area contributed by atoms with Crippen LogP contribution in [-0.2, 0) is 11.2 Å². The van der Waals surface area contributed by atoms with Crippen molar-refractivity contribution < 1.29 is 19.0 Å². The number of halogens is 1. The standard InChI is InChI=1S/C13H14FN3O3S/c1-3-11-15-16-13(21-7-12(18)19)17(11)10-6-8(20-2)4-5-9(10)14/h4-6H,3,7H2,1-2H3,(H,18,19). The molecular weight excluding hydrogens is 297 g/mol. The van der Waals surface area contributed by atoms with E-state index in [4.69, 9.17) is 9.84 Å². The Bertz CT molecular complexity index is 660. The molecule has 0 saturated heterocycles. The van der Waals surface area contributed by atoms with E-state index in [1.165, 1.54) is 29.9 Å². The van der Waals surface area contributed by atoms with Gasteiger partial charge < -0.3 is 9.84 Å². The van der Waals surface area contributed by atoms with Crippen LogP contribution in [0.25, 0.3) is 5.69 Å². The van der Waals surface area contributed by atoms with Crippen molar-refractivity contribution in [2.75, 3.05) is 12.9 Å². The molecule has 1 N–H and O–H groups in total. The van der Waals surface area contributed by atoms with Crippen LogP contribution < -0.4 is 4.74 Å². The number of methoxy groups -OCH3 is 1. The Balaban J connectivity index is 2.50. The number of ether oxygens (including phenoxy) is 1. The quantitative estimate of drug-likeness (QED) is 0.824. The van der Waals surface area contributed by atoms with Crippen LogP contribution in [0.1, 0.15) is 12.7 Å². The first-order valence-electron chi connectivity index (χ1n) is 6.19. The van der Waals surface area contributed by atoms with Gasteiger partial charge in [-0.05, 0) is 12.1 Å². The summed E-state index contributed by atoms with van der Waals surface area (Å²) in [6, 6.07) is 4.33. The number of aryl methyl sites for hydroxylation is 1. The third kappa shape index (κ3) is 3.33. The van der Waals surface area contributed by atoms with Crippen LogP contribution in [0, 0.1) is 5.82 Å². The molecule has 0 fully saturated rings. The second-order valence-electron chi connectivity index (χ2n) is 4.09. The van der Waals surface area contributed by atoms with E-state index >= 15 is 0 Å². The maximum absolute atomic E-state index is 14.1. The molecule has 1 aromatic carbocycles. The Morgan fingerprint density at radius 2 is 2.24 bits per heavy atom. The van der Waals surface area contributed by atoms with Gasteiger partial charge in [0.15, 0.2) is 5.16 Å². The first-order valence-corrected chi connectivity index (χ1v) is 7.18. The lowest BCUT2D eigenvalue weighted by molar-refractivity contribution is -0.133. The number of rotatable bonds is 6. The average Bonchev–Trinajstić information content (AvgIpc) is 2.88. The summed E-state index contributed by atoms with van der Waals surface area (Å²) in [5, 5.41) is 17.0. The first kappa shape index (κ1) is 15.3. The van der Waals surface area contributed by atoms with E-state index in [0.29, 0.717) is 23.2 Å². The summed E-state index contributed by atoms with van der Waals surface area (Å²) in [6.45, 7) is 1.87. The lowest BCUT2D eigenvalue weighted by Crippen LogP contribution is -2.06. The molecule has 1 heterocycles. The van der Waals surface area contributed by atoms with Crippen LogP contribution in [0.3, 0.4) is 0 Å². The van der Waals surface area contributed by atoms with Gasteiger partial charge in [-0.1, -0.05) is 18.7 Å². The molecule has 0 spiro atoms. The molecule has 0 atom stereocenters. The molecule has 0 aliphatic heterocycles. The normalized spacial score (nSPS) is 10.6. The molecule has 0 aliphatic rings. The van der Waals surface area contributed by atoms with Crippen molar-refractivity contribution in [1.82, 2.24) is 14.8 Å². The van der Waals surface area contributed by atoms with Crippen LogP contribution in [0.15, 0.2) is 23.4 Å². The maximum Gasteiger partial charge on any atom is 0.313 e. The van der Waals surface area contributed by atoms with Gasteiger partial charge in [0.05, 0.1) is 18.6 Å². The van der Waals surface area contributed by atoms with Gasteiger partial charge in [-0.15, -0.1) is 10.2 Å². The molecule has 21 heavy (non-hydrogen) atoms. The number of thioether (sulfide) groups is 1. The Labute approximate surface area is 124 Å². The molecule has 0 aliphatic carbocycles. The lowest BCUT2D eigenvalue weighted by Gasteiger charge is -2.11. The summed E-state index contributed by atoms with van der Waals surface area (Å²) in [6.07, 6.45) is 0.539. The highest BCUT2D eigenvalue weighted by Gasteiger charge is 2.18. The molecule has 8 heteroatoms. The highest BCUT2D eigenvalue weighted by Crippen LogP contribution is 2.27. The van der Waals surface area contributed by atoms with E-state index in [0.717, 1.165) is 11.8 Å². The van der Waals surface area contributed by atoms with Crippen LogP contribution >= 0.6 is 11.8 Å². The van der Waals surface area contributed by atoms with E-state index in [9.17, 15) is 9.18 Å². The van der Waals surface area contributed by atoms with Crippen LogP contribution in [0.5, 0.6) is 5.75 Å². The number of carboxylic acid groups (broad SMARTS) is 1. The summed E-state index contributed by atoms with van der Waals surface area (Å²) >= 11 is 0.991. The molecule has 112 valence electrons. The zero-order chi connectivity index (χ0) is 15.4. The predicted octanol–water partition coefficient (Wildman–Crippen LogP) is 2.15. The summed E-state index contributed by atoms with van der Waals surface area (Å²) in [4.78, 5) is 10.7. The van der Waals surface area contributed by atoms with Crippen molar-refractivity contribution in [3.05, 3.63) is 29.8 Å². The minimum atomic E-state index is -0.973. The fourth-order valence-corrected chi connectivity index (χ4v) is 2.47. The minimum Gasteiger partial charge on any atom is -0.497 e. The first-order chi connectivity index (χ1) is 10.1. The van der Waals surface area contributed by atoms with E-state index in [2.05, 4.69) is 10.2 Å². The number of aromatic nitrogens is 3. The molecule has 1 aromatic heterocycles. The number of carboxylic acids is 1. The van der Waals surface area contributed by atoms with Gasteiger partial charge in [0.25, 0.3) is 0 Å². The number of hydrogen-bond acceptors (Lipinski definition) is 5. The van der Waals surface area contributed by atoms with Crippen LogP contribution in [-0.4, -0.2) is 38.7 Å². The second kappa shape index (κ2) is 6.57. The Morgan fingerprint density at radius 1 is 1.48 bits per heavy atom. The van der Waals surface area contributed by atoms with Crippen LogP contribution in [0.2, 0.25) is 0 Å². The second-order valence-corrected chi connectivity index (χ2v) is 5.03. The molecule has 0 radical (unpaired) electrons. The van der Waals surface area contributed by atoms with Crippen LogP contribution in [0.4, 0.5) is 4.39 Å². The molecule has 2 rings (SSSR count). The van der Waals surface area contributed by atoms with Gasteiger partial charge in [-0.2, -0.15) is 0 Å². The number of nitrogens with zero attached hydrogens (tertiary/aromatic N) is 3. The smallest absolute Gasteiger partial charge is 0.313 e. The number of carbonyl (C=O) groups is 1. The van der Waals surface area contributed by atoms with Crippen molar-refractivity contribution in [3.8, 4) is 11.4 Å². The highest BCUT2D eigenvalue weighted by molar-refractivity contribution is 7.99. The number of hydrogen-bond donors (Lipinski definition) is 1. The van der Waals surface area contributed by atoms with Crippen molar-refractivity contribution in [1.29, 1.82) is 0 Å². The fourth-order valence-electron chi connectivity index (χ4n) is 1.78.